The predicted molar refractivity (Wildman–Crippen MR) is 173 cm³/mol. The van der Waals surface area contributed by atoms with Crippen molar-refractivity contribution >= 4 is 29.6 Å². The molecule has 0 aromatic carbocycles. The summed E-state index contributed by atoms with van der Waals surface area (Å²) in [5.74, 6) is -3.35. The van der Waals surface area contributed by atoms with E-state index in [-0.39, 0.29) is 37.4 Å². The van der Waals surface area contributed by atoms with Crippen molar-refractivity contribution in [3.63, 3.8) is 0 Å². The lowest BCUT2D eigenvalue weighted by molar-refractivity contribution is -0.299. The number of likely N-dealkylation sites (N-methyl/N-ethyl adjacent to an activating group) is 1. The van der Waals surface area contributed by atoms with Crippen LogP contribution in [0.4, 0.5) is 4.79 Å². The Morgan fingerprint density at radius 3 is 2.27 bits per heavy atom. The molecule has 0 saturated carbocycles. The van der Waals surface area contributed by atoms with Gasteiger partial charge in [0, 0.05) is 24.7 Å². The zero-order chi connectivity index (χ0) is 36.3. The number of nitrogens with zero attached hydrogens (tertiary/aromatic N) is 1. The molecule has 3 fully saturated rings. The summed E-state index contributed by atoms with van der Waals surface area (Å²) in [5, 5.41) is 2.75. The number of Topliss-reactive ketones (excluding diaryl/α,β-unsaturated/α-hetero) is 2. The molecule has 1 N–H and O–H groups in total. The Kier molecular flexibility index (Phi) is 12.9. The van der Waals surface area contributed by atoms with E-state index in [0.29, 0.717) is 6.42 Å². The van der Waals surface area contributed by atoms with Crippen LogP contribution in [0.2, 0.25) is 0 Å². The summed E-state index contributed by atoms with van der Waals surface area (Å²) in [5.41, 5.74) is -2.78. The highest BCUT2D eigenvalue weighted by Gasteiger charge is 2.57. The van der Waals surface area contributed by atoms with Gasteiger partial charge in [0.25, 0.3) is 0 Å². The van der Waals surface area contributed by atoms with Gasteiger partial charge in [-0.15, -0.1) is 6.42 Å². The van der Waals surface area contributed by atoms with Crippen molar-refractivity contribution in [2.75, 3.05) is 20.7 Å². The van der Waals surface area contributed by atoms with Crippen LogP contribution >= 0.6 is 0 Å². The Labute approximate surface area is 284 Å². The quantitative estimate of drug-likeness (QED) is 0.182. The first-order valence-corrected chi connectivity index (χ1v) is 16.8. The molecule has 0 aliphatic carbocycles. The molecule has 3 rings (SSSR count). The van der Waals surface area contributed by atoms with Crippen LogP contribution < -0.4 is 5.32 Å². The topological polar surface area (TPSA) is 156 Å². The van der Waals surface area contributed by atoms with Gasteiger partial charge in [0.1, 0.15) is 24.4 Å². The summed E-state index contributed by atoms with van der Waals surface area (Å²) in [4.78, 5) is 68.8. The molecular formula is C35H54N2O11. The standard InChI is InChI=1S/C35H54N2O11/c1-13-15-43-34(9)17-18(3)26(39)20(5)29-35(10,48-33(42)36-29)25(14-2)46-31(41)22(7)27(40)21(6)30(34)47-32-28(45-23(8)38)24(37(11)12)16-19(4)44-32/h1,18-22,24-25,28-30,32H,14-17H2,2-12H3,(H,36,42)/t18-,19-,20-,21+,22-,24+,25+,28-,29-,30-,32+,34+,35-/m1/s1. The molecule has 1 amide bonds. The SMILES string of the molecule is C#CCO[C@@]1(C)C[C@@H](C)C(=O)[C@@H](C)[C@H]2NC(=O)O[C@]2(C)[C@H](CC)OC(=O)[C@H](C)C(=O)[C@H](C)[C@H]1O[C@@H]1O[C@H](C)C[C@H](N(C)C)[C@H]1OC(C)=O. The van der Waals surface area contributed by atoms with Crippen LogP contribution in [-0.2, 0) is 47.6 Å². The zero-order valence-electron chi connectivity index (χ0n) is 30.2. The fourth-order valence-electron chi connectivity index (χ4n) is 7.64. The van der Waals surface area contributed by atoms with Gasteiger partial charge in [-0.25, -0.2) is 4.79 Å². The number of carbonyl (C=O) groups is 5. The van der Waals surface area contributed by atoms with Crippen molar-refractivity contribution in [2.45, 2.75) is 136 Å². The molecular weight excluding hydrogens is 624 g/mol. The molecule has 3 saturated heterocycles. The lowest BCUT2D eigenvalue weighted by Crippen LogP contribution is -2.61. The summed E-state index contributed by atoms with van der Waals surface area (Å²) in [6, 6.07) is -1.12. The van der Waals surface area contributed by atoms with Gasteiger partial charge in [0.15, 0.2) is 23.8 Å². The molecule has 0 radical (unpaired) electrons. The van der Waals surface area contributed by atoms with Crippen molar-refractivity contribution in [3.8, 4) is 12.3 Å². The molecule has 0 aromatic heterocycles. The Morgan fingerprint density at radius 1 is 1.06 bits per heavy atom. The average molecular weight is 679 g/mol. The monoisotopic (exact) mass is 678 g/mol. The van der Waals surface area contributed by atoms with E-state index in [1.807, 2.05) is 25.9 Å². The lowest BCUT2D eigenvalue weighted by Gasteiger charge is -2.47. The molecule has 3 aliphatic heterocycles. The van der Waals surface area contributed by atoms with Crippen LogP contribution in [-0.4, -0.2) is 109 Å². The highest BCUT2D eigenvalue weighted by molar-refractivity contribution is 6.00. The fraction of sp³-hybridized carbons (Fsp3) is 0.800. The highest BCUT2D eigenvalue weighted by Crippen LogP contribution is 2.40. The number of fused-ring (bicyclic) bond motifs is 1. The van der Waals surface area contributed by atoms with E-state index in [1.54, 1.807) is 41.5 Å². The molecule has 3 aliphatic rings. The van der Waals surface area contributed by atoms with Crippen molar-refractivity contribution < 1.29 is 52.4 Å². The second-order valence-electron chi connectivity index (χ2n) is 14.3. The Hall–Kier alpha value is -3.05. The number of nitrogens with one attached hydrogen (secondary N) is 1. The summed E-state index contributed by atoms with van der Waals surface area (Å²) in [6.45, 7) is 14.6. The molecule has 48 heavy (non-hydrogen) atoms. The number of terminal acetylenes is 1. The van der Waals surface area contributed by atoms with E-state index in [1.165, 1.54) is 13.8 Å². The molecule has 0 bridgehead atoms. The molecule has 270 valence electrons. The normalized spacial score (nSPS) is 41.4. The maximum absolute atomic E-state index is 14.2. The van der Waals surface area contributed by atoms with Crippen LogP contribution in [0.5, 0.6) is 0 Å². The van der Waals surface area contributed by atoms with Gasteiger partial charge in [-0.05, 0) is 61.1 Å². The average Bonchev–Trinajstić information content (AvgIpc) is 3.33. The van der Waals surface area contributed by atoms with Crippen molar-refractivity contribution in [1.29, 1.82) is 0 Å². The number of carbonyl (C=O) groups excluding carboxylic acids is 5. The minimum absolute atomic E-state index is 0.0476. The van der Waals surface area contributed by atoms with Gasteiger partial charge >= 0.3 is 18.0 Å². The van der Waals surface area contributed by atoms with E-state index >= 15 is 0 Å². The molecule has 0 unspecified atom stereocenters. The smallest absolute Gasteiger partial charge is 0.408 e. The number of hydrogen-bond acceptors (Lipinski definition) is 12. The number of esters is 2. The zero-order valence-corrected chi connectivity index (χ0v) is 30.2. The Bertz CT molecular complexity index is 1270. The van der Waals surface area contributed by atoms with E-state index in [9.17, 15) is 24.0 Å². The van der Waals surface area contributed by atoms with Gasteiger partial charge in [-0.2, -0.15) is 0 Å². The first-order valence-electron chi connectivity index (χ1n) is 16.8. The number of cyclic esters (lactones) is 1. The van der Waals surface area contributed by atoms with Crippen LogP contribution in [0.25, 0.3) is 0 Å². The van der Waals surface area contributed by atoms with E-state index in [0.717, 1.165) is 0 Å². The van der Waals surface area contributed by atoms with Crippen LogP contribution in [0, 0.1) is 36.0 Å². The van der Waals surface area contributed by atoms with Crippen LogP contribution in [0.15, 0.2) is 0 Å². The second-order valence-corrected chi connectivity index (χ2v) is 14.3. The number of ketones is 2. The van der Waals surface area contributed by atoms with Gasteiger partial charge in [-0.1, -0.05) is 33.6 Å². The third-order valence-electron chi connectivity index (χ3n) is 10.2. The first kappa shape index (κ1) is 39.4. The van der Waals surface area contributed by atoms with E-state index in [2.05, 4.69) is 11.2 Å². The number of ether oxygens (including phenoxy) is 6. The highest BCUT2D eigenvalue weighted by atomic mass is 16.7. The maximum Gasteiger partial charge on any atom is 0.408 e. The van der Waals surface area contributed by atoms with Crippen molar-refractivity contribution in [2.24, 2.45) is 23.7 Å². The molecule has 13 heteroatoms. The molecule has 13 nitrogen and oxygen atoms in total. The van der Waals surface area contributed by atoms with Gasteiger partial charge in [-0.3, -0.25) is 19.2 Å². The Balaban J connectivity index is 2.18. The minimum Gasteiger partial charge on any atom is -0.458 e. The van der Waals surface area contributed by atoms with Gasteiger partial charge < -0.3 is 38.6 Å². The molecule has 0 aromatic rings. The Morgan fingerprint density at radius 2 is 1.71 bits per heavy atom. The van der Waals surface area contributed by atoms with E-state index < -0.39 is 89.3 Å². The third-order valence-corrected chi connectivity index (χ3v) is 10.2. The molecule has 3 heterocycles. The van der Waals surface area contributed by atoms with Gasteiger partial charge in [0.2, 0.25) is 0 Å². The lowest BCUT2D eigenvalue weighted by atomic mass is 9.73. The number of hydrogen-bond donors (Lipinski definition) is 1. The largest absolute Gasteiger partial charge is 0.458 e. The third kappa shape index (κ3) is 8.21. The molecule has 13 atom stereocenters. The maximum atomic E-state index is 14.2. The van der Waals surface area contributed by atoms with Crippen LogP contribution in [0.3, 0.4) is 0 Å². The van der Waals surface area contributed by atoms with E-state index in [4.69, 9.17) is 34.8 Å². The van der Waals surface area contributed by atoms with Gasteiger partial charge in [0.05, 0.1) is 29.9 Å². The fourth-order valence-corrected chi connectivity index (χ4v) is 7.64. The summed E-state index contributed by atoms with van der Waals surface area (Å²) in [7, 11) is 3.72. The second kappa shape index (κ2) is 15.7. The van der Waals surface area contributed by atoms with Crippen LogP contribution in [0.1, 0.15) is 81.6 Å². The number of rotatable bonds is 7. The summed E-state index contributed by atoms with van der Waals surface area (Å²) >= 11 is 0. The summed E-state index contributed by atoms with van der Waals surface area (Å²) < 4.78 is 36.6. The van der Waals surface area contributed by atoms with Crippen molar-refractivity contribution in [1.82, 2.24) is 10.2 Å². The molecule has 0 spiro atoms. The first-order chi connectivity index (χ1) is 22.3. The van der Waals surface area contributed by atoms with Crippen molar-refractivity contribution in [3.05, 3.63) is 0 Å². The minimum atomic E-state index is -1.40. The predicted octanol–water partition coefficient (Wildman–Crippen LogP) is 3.05. The summed E-state index contributed by atoms with van der Waals surface area (Å²) in [6.07, 6.45) is 1.33. The number of alkyl carbamates (subject to hydrolysis) is 1. The number of amides is 1.